The molecular formula is C12H9ClN2OS. The SMILES string of the molecule is Cc1csc(-c2nc3ccc(Cl)cc3o2)c1N. The molecule has 17 heavy (non-hydrogen) atoms. The molecular weight excluding hydrogens is 256 g/mol. The van der Waals surface area contributed by atoms with E-state index in [0.29, 0.717) is 16.5 Å². The number of benzene rings is 1. The molecule has 86 valence electrons. The van der Waals surface area contributed by atoms with Crippen LogP contribution in [-0.2, 0) is 0 Å². The van der Waals surface area contributed by atoms with E-state index in [4.69, 9.17) is 21.8 Å². The highest BCUT2D eigenvalue weighted by Gasteiger charge is 2.14. The molecule has 0 radical (unpaired) electrons. The lowest BCUT2D eigenvalue weighted by molar-refractivity contribution is 0.622. The van der Waals surface area contributed by atoms with E-state index in [2.05, 4.69) is 4.98 Å². The van der Waals surface area contributed by atoms with Crippen molar-refractivity contribution >= 4 is 39.7 Å². The third kappa shape index (κ3) is 1.69. The van der Waals surface area contributed by atoms with E-state index in [0.717, 1.165) is 21.6 Å². The normalized spacial score (nSPS) is 11.2. The predicted octanol–water partition coefficient (Wildman–Crippen LogP) is 4.10. The molecule has 0 aliphatic heterocycles. The summed E-state index contributed by atoms with van der Waals surface area (Å²) >= 11 is 7.43. The summed E-state index contributed by atoms with van der Waals surface area (Å²) in [5.74, 6) is 0.554. The second kappa shape index (κ2) is 3.75. The minimum Gasteiger partial charge on any atom is -0.435 e. The molecule has 0 bridgehead atoms. The zero-order valence-electron chi connectivity index (χ0n) is 9.03. The number of nitrogen functional groups attached to an aromatic ring is 1. The Kier molecular flexibility index (Phi) is 2.34. The highest BCUT2D eigenvalue weighted by atomic mass is 35.5. The Labute approximate surface area is 107 Å². The van der Waals surface area contributed by atoms with Crippen LogP contribution in [0.4, 0.5) is 5.69 Å². The lowest BCUT2D eigenvalue weighted by Gasteiger charge is -1.93. The number of thiophene rings is 1. The Morgan fingerprint density at radius 3 is 2.94 bits per heavy atom. The number of fused-ring (bicyclic) bond motifs is 1. The Hall–Kier alpha value is -1.52. The van der Waals surface area contributed by atoms with Gasteiger partial charge in [0, 0.05) is 11.1 Å². The van der Waals surface area contributed by atoms with Crippen molar-refractivity contribution in [3.8, 4) is 10.8 Å². The second-order valence-corrected chi connectivity index (χ2v) is 5.11. The molecule has 3 nitrogen and oxygen atoms in total. The van der Waals surface area contributed by atoms with Crippen LogP contribution in [-0.4, -0.2) is 4.98 Å². The number of hydrogen-bond acceptors (Lipinski definition) is 4. The lowest BCUT2D eigenvalue weighted by Crippen LogP contribution is -1.86. The van der Waals surface area contributed by atoms with Gasteiger partial charge in [0.2, 0.25) is 5.89 Å². The molecule has 0 atom stereocenters. The van der Waals surface area contributed by atoms with Crippen molar-refractivity contribution in [3.05, 3.63) is 34.2 Å². The third-order valence-corrected chi connectivity index (χ3v) is 3.90. The molecule has 3 rings (SSSR count). The molecule has 0 spiro atoms. The first kappa shape index (κ1) is 10.6. The van der Waals surface area contributed by atoms with Gasteiger partial charge >= 0.3 is 0 Å². The number of hydrogen-bond donors (Lipinski definition) is 1. The van der Waals surface area contributed by atoms with E-state index in [1.165, 1.54) is 11.3 Å². The molecule has 0 saturated carbocycles. The topological polar surface area (TPSA) is 52.0 Å². The van der Waals surface area contributed by atoms with Gasteiger partial charge in [-0.2, -0.15) is 0 Å². The van der Waals surface area contributed by atoms with Gasteiger partial charge in [0.1, 0.15) is 10.4 Å². The zero-order valence-corrected chi connectivity index (χ0v) is 10.6. The number of aromatic nitrogens is 1. The number of nitrogens with zero attached hydrogens (tertiary/aromatic N) is 1. The fourth-order valence-electron chi connectivity index (χ4n) is 1.61. The molecule has 0 unspecified atom stereocenters. The van der Waals surface area contributed by atoms with E-state index in [1.54, 1.807) is 12.1 Å². The summed E-state index contributed by atoms with van der Waals surface area (Å²) in [5.41, 5.74) is 9.21. The zero-order chi connectivity index (χ0) is 12.0. The summed E-state index contributed by atoms with van der Waals surface area (Å²) in [6.07, 6.45) is 0. The van der Waals surface area contributed by atoms with Gasteiger partial charge in [-0.05, 0) is 30.0 Å². The van der Waals surface area contributed by atoms with Crippen molar-refractivity contribution in [3.63, 3.8) is 0 Å². The molecule has 0 saturated heterocycles. The highest BCUT2D eigenvalue weighted by Crippen LogP contribution is 2.36. The third-order valence-electron chi connectivity index (χ3n) is 2.57. The fourth-order valence-corrected chi connectivity index (χ4v) is 2.67. The minimum atomic E-state index is 0.554. The van der Waals surface area contributed by atoms with Crippen LogP contribution in [0.5, 0.6) is 0 Å². The van der Waals surface area contributed by atoms with Crippen LogP contribution in [0.2, 0.25) is 5.02 Å². The van der Waals surface area contributed by atoms with Gasteiger partial charge in [-0.15, -0.1) is 11.3 Å². The summed E-state index contributed by atoms with van der Waals surface area (Å²) in [4.78, 5) is 5.27. The summed E-state index contributed by atoms with van der Waals surface area (Å²) in [7, 11) is 0. The molecule has 2 aromatic heterocycles. The summed E-state index contributed by atoms with van der Waals surface area (Å²) in [6, 6.07) is 5.38. The summed E-state index contributed by atoms with van der Waals surface area (Å²) in [6.45, 7) is 1.97. The number of aryl methyl sites for hydroxylation is 1. The standard InChI is InChI=1S/C12H9ClN2OS/c1-6-5-17-11(10(6)14)12-15-8-3-2-7(13)4-9(8)16-12/h2-5H,14H2,1H3. The molecule has 2 N–H and O–H groups in total. The van der Waals surface area contributed by atoms with Gasteiger partial charge < -0.3 is 10.2 Å². The predicted molar refractivity (Wildman–Crippen MR) is 71.5 cm³/mol. The molecule has 2 heterocycles. The van der Waals surface area contributed by atoms with E-state index in [-0.39, 0.29) is 0 Å². The van der Waals surface area contributed by atoms with E-state index >= 15 is 0 Å². The van der Waals surface area contributed by atoms with Gasteiger partial charge in [0.25, 0.3) is 0 Å². The molecule has 3 aromatic rings. The van der Waals surface area contributed by atoms with Gasteiger partial charge in [-0.25, -0.2) is 4.98 Å². The quantitative estimate of drug-likeness (QED) is 0.720. The van der Waals surface area contributed by atoms with Gasteiger partial charge in [0.05, 0.1) is 5.69 Å². The number of nitrogens with two attached hydrogens (primary N) is 1. The molecule has 5 heteroatoms. The van der Waals surface area contributed by atoms with Crippen LogP contribution in [0.15, 0.2) is 28.0 Å². The molecule has 0 fully saturated rings. The largest absolute Gasteiger partial charge is 0.435 e. The van der Waals surface area contributed by atoms with Crippen LogP contribution < -0.4 is 5.73 Å². The Morgan fingerprint density at radius 2 is 2.24 bits per heavy atom. The summed E-state index contributed by atoms with van der Waals surface area (Å²) in [5, 5.41) is 2.63. The molecule has 0 aliphatic rings. The van der Waals surface area contributed by atoms with Gasteiger partial charge in [0.15, 0.2) is 5.58 Å². The Bertz CT molecular complexity index is 702. The first-order valence-electron chi connectivity index (χ1n) is 5.05. The Morgan fingerprint density at radius 1 is 1.41 bits per heavy atom. The number of anilines is 1. The van der Waals surface area contributed by atoms with Crippen molar-refractivity contribution in [2.45, 2.75) is 6.92 Å². The molecule has 0 aliphatic carbocycles. The van der Waals surface area contributed by atoms with Crippen molar-refractivity contribution < 1.29 is 4.42 Å². The summed E-state index contributed by atoms with van der Waals surface area (Å²) < 4.78 is 5.66. The maximum absolute atomic E-state index is 5.97. The van der Waals surface area contributed by atoms with Crippen LogP contribution >= 0.6 is 22.9 Å². The van der Waals surface area contributed by atoms with Gasteiger partial charge in [-0.3, -0.25) is 0 Å². The maximum atomic E-state index is 5.97. The number of halogens is 1. The van der Waals surface area contributed by atoms with Crippen molar-refractivity contribution in [1.29, 1.82) is 0 Å². The average Bonchev–Trinajstić information content (AvgIpc) is 2.83. The van der Waals surface area contributed by atoms with Gasteiger partial charge in [-0.1, -0.05) is 11.6 Å². The second-order valence-electron chi connectivity index (χ2n) is 3.79. The van der Waals surface area contributed by atoms with Crippen molar-refractivity contribution in [2.75, 3.05) is 5.73 Å². The maximum Gasteiger partial charge on any atom is 0.239 e. The monoisotopic (exact) mass is 264 g/mol. The molecule has 0 amide bonds. The minimum absolute atomic E-state index is 0.554. The van der Waals surface area contributed by atoms with Crippen molar-refractivity contribution in [2.24, 2.45) is 0 Å². The lowest BCUT2D eigenvalue weighted by atomic mass is 10.3. The van der Waals surface area contributed by atoms with Crippen LogP contribution in [0, 0.1) is 6.92 Å². The van der Waals surface area contributed by atoms with Crippen LogP contribution in [0.1, 0.15) is 5.56 Å². The molecule has 1 aromatic carbocycles. The average molecular weight is 265 g/mol. The van der Waals surface area contributed by atoms with Crippen LogP contribution in [0.3, 0.4) is 0 Å². The number of rotatable bonds is 1. The fraction of sp³-hybridized carbons (Fsp3) is 0.0833. The smallest absolute Gasteiger partial charge is 0.239 e. The number of oxazole rings is 1. The van der Waals surface area contributed by atoms with Crippen LogP contribution in [0.25, 0.3) is 21.9 Å². The Balaban J connectivity index is 2.21. The highest BCUT2D eigenvalue weighted by molar-refractivity contribution is 7.14. The van der Waals surface area contributed by atoms with E-state index in [9.17, 15) is 0 Å². The van der Waals surface area contributed by atoms with Crippen molar-refractivity contribution in [1.82, 2.24) is 4.98 Å². The first-order chi connectivity index (χ1) is 8.15. The first-order valence-corrected chi connectivity index (χ1v) is 6.31. The van der Waals surface area contributed by atoms with E-state index < -0.39 is 0 Å². The van der Waals surface area contributed by atoms with E-state index in [1.807, 2.05) is 18.4 Å².